The summed E-state index contributed by atoms with van der Waals surface area (Å²) in [4.78, 5) is 14.6. The van der Waals surface area contributed by atoms with E-state index in [9.17, 15) is 4.91 Å². The van der Waals surface area contributed by atoms with Crippen molar-refractivity contribution >= 4 is 0 Å². The van der Waals surface area contributed by atoms with Gasteiger partial charge in [-0.2, -0.15) is 4.91 Å². The largest absolute Gasteiger partial charge is 0.359 e. The van der Waals surface area contributed by atoms with Crippen molar-refractivity contribution in [1.82, 2.24) is 20.4 Å². The van der Waals surface area contributed by atoms with Gasteiger partial charge in [-0.15, -0.1) is 0 Å². The number of piperazine rings is 1. The zero-order valence-corrected chi connectivity index (χ0v) is 9.93. The van der Waals surface area contributed by atoms with Crippen LogP contribution in [0.15, 0.2) is 17.1 Å². The lowest BCUT2D eigenvalue weighted by atomic mass is 10.3. The Hall–Kier alpha value is -1.18. The molecule has 0 aromatic heterocycles. The summed E-state index contributed by atoms with van der Waals surface area (Å²) in [5.41, 5.74) is 5.81. The molecule has 0 aromatic rings. The van der Waals surface area contributed by atoms with E-state index in [0.29, 0.717) is 13.2 Å². The van der Waals surface area contributed by atoms with E-state index in [1.807, 2.05) is 6.08 Å². The number of nitroso groups, excluding NO2 is 1. The highest BCUT2D eigenvalue weighted by molar-refractivity contribution is 5.07. The molecule has 1 fully saturated rings. The molecule has 0 aliphatic carbocycles. The van der Waals surface area contributed by atoms with Gasteiger partial charge < -0.3 is 16.0 Å². The lowest BCUT2D eigenvalue weighted by molar-refractivity contribution is 0.152. The van der Waals surface area contributed by atoms with E-state index in [-0.39, 0.29) is 6.17 Å². The number of rotatable bonds is 4. The Morgan fingerprint density at radius 3 is 2.82 bits per heavy atom. The molecule has 0 amide bonds. The lowest BCUT2D eigenvalue weighted by Gasteiger charge is -2.38. The third-order valence-electron chi connectivity index (χ3n) is 3.17. The van der Waals surface area contributed by atoms with Crippen LogP contribution in [-0.2, 0) is 0 Å². The van der Waals surface area contributed by atoms with Crippen LogP contribution in [0.25, 0.3) is 0 Å². The summed E-state index contributed by atoms with van der Waals surface area (Å²) in [7, 11) is 0. The number of nitrogens with two attached hydrogens (primary N) is 1. The van der Waals surface area contributed by atoms with Crippen molar-refractivity contribution in [3.63, 3.8) is 0 Å². The topological polar surface area (TPSA) is 86.0 Å². The van der Waals surface area contributed by atoms with Gasteiger partial charge in [-0.3, -0.25) is 10.2 Å². The van der Waals surface area contributed by atoms with E-state index in [2.05, 4.69) is 25.6 Å². The van der Waals surface area contributed by atoms with Crippen molar-refractivity contribution in [2.24, 2.45) is 10.9 Å². The van der Waals surface area contributed by atoms with Crippen LogP contribution in [0.3, 0.4) is 0 Å². The summed E-state index contributed by atoms with van der Waals surface area (Å²) in [6.45, 7) is 5.73. The smallest absolute Gasteiger partial charge is 0.101 e. The Balaban J connectivity index is 1.80. The second-order valence-electron chi connectivity index (χ2n) is 4.32. The summed E-state index contributed by atoms with van der Waals surface area (Å²) in [6, 6.07) is 0. The minimum absolute atomic E-state index is 0.0662. The zero-order valence-electron chi connectivity index (χ0n) is 9.93. The molecular weight excluding hydrogens is 220 g/mol. The molecule has 0 spiro atoms. The molecule has 0 saturated carbocycles. The molecule has 1 atom stereocenters. The molecule has 1 saturated heterocycles. The van der Waals surface area contributed by atoms with Gasteiger partial charge in [0, 0.05) is 32.7 Å². The van der Waals surface area contributed by atoms with Crippen molar-refractivity contribution < 1.29 is 0 Å². The molecule has 17 heavy (non-hydrogen) atoms. The van der Waals surface area contributed by atoms with Crippen LogP contribution < -0.4 is 16.4 Å². The van der Waals surface area contributed by atoms with Crippen LogP contribution in [0, 0.1) is 4.91 Å². The first kappa shape index (κ1) is 12.3. The first-order valence-electron chi connectivity index (χ1n) is 6.00. The highest BCUT2D eigenvalue weighted by Gasteiger charge is 2.20. The predicted molar refractivity (Wildman–Crippen MR) is 65.9 cm³/mol. The summed E-state index contributed by atoms with van der Waals surface area (Å²) >= 11 is 0. The number of hydrogen-bond donors (Lipinski definition) is 3. The molecule has 2 rings (SSSR count). The summed E-state index contributed by atoms with van der Waals surface area (Å²) < 4.78 is 0. The molecule has 2 heterocycles. The number of hydrogen-bond acceptors (Lipinski definition) is 7. The molecule has 0 aromatic carbocycles. The fraction of sp³-hybridized carbons (Fsp3) is 0.800. The van der Waals surface area contributed by atoms with Gasteiger partial charge in [0.1, 0.15) is 5.82 Å². The van der Waals surface area contributed by atoms with E-state index in [4.69, 9.17) is 5.73 Å². The minimum atomic E-state index is -0.0662. The van der Waals surface area contributed by atoms with Gasteiger partial charge in [-0.1, -0.05) is 5.18 Å². The van der Waals surface area contributed by atoms with E-state index in [1.165, 1.54) is 0 Å². The van der Waals surface area contributed by atoms with E-state index >= 15 is 0 Å². The Kier molecular flexibility index (Phi) is 4.29. The highest BCUT2D eigenvalue weighted by Crippen LogP contribution is 2.08. The number of nitrogens with one attached hydrogen (secondary N) is 2. The van der Waals surface area contributed by atoms with Crippen LogP contribution in [0.1, 0.15) is 0 Å². The Morgan fingerprint density at radius 1 is 1.41 bits per heavy atom. The van der Waals surface area contributed by atoms with Gasteiger partial charge in [0.25, 0.3) is 0 Å². The molecular formula is C10H20N6O. The maximum Gasteiger partial charge on any atom is 0.101 e. The Morgan fingerprint density at radius 2 is 2.18 bits per heavy atom. The summed E-state index contributed by atoms with van der Waals surface area (Å²) in [5.74, 6) is 1.12. The summed E-state index contributed by atoms with van der Waals surface area (Å²) in [6.07, 6.45) is 1.94. The molecule has 96 valence electrons. The van der Waals surface area contributed by atoms with Gasteiger partial charge in [0.05, 0.1) is 19.4 Å². The molecule has 2 aliphatic heterocycles. The quantitative estimate of drug-likeness (QED) is 0.527. The molecule has 1 unspecified atom stereocenters. The average molecular weight is 240 g/mol. The first-order chi connectivity index (χ1) is 8.29. The van der Waals surface area contributed by atoms with Crippen molar-refractivity contribution in [3.8, 4) is 0 Å². The van der Waals surface area contributed by atoms with Gasteiger partial charge >= 0.3 is 0 Å². The molecule has 0 bridgehead atoms. The molecule has 2 aliphatic rings. The zero-order chi connectivity index (χ0) is 12.1. The van der Waals surface area contributed by atoms with Crippen LogP contribution in [0.2, 0.25) is 0 Å². The van der Waals surface area contributed by atoms with Gasteiger partial charge in [-0.05, 0) is 6.08 Å². The Bertz CT molecular complexity index is 287. The minimum Gasteiger partial charge on any atom is -0.359 e. The van der Waals surface area contributed by atoms with Crippen molar-refractivity contribution in [2.45, 2.75) is 6.17 Å². The average Bonchev–Trinajstić information content (AvgIpc) is 2.37. The standard InChI is InChI=1S/C10H20N6O/c11-9-7-10(13-8-12-9)16-5-3-15(4-6-16)2-1-14-17/h7,9,12-13H,1-6,8,11H2. The molecule has 7 heteroatoms. The SMILES string of the molecule is NC1C=C(N2CCN(CCN=O)CC2)NCN1. The van der Waals surface area contributed by atoms with Crippen LogP contribution >= 0.6 is 0 Å². The fourth-order valence-corrected chi connectivity index (χ4v) is 2.16. The third-order valence-corrected chi connectivity index (χ3v) is 3.17. The van der Waals surface area contributed by atoms with E-state index in [0.717, 1.165) is 38.5 Å². The Labute approximate surface area is 101 Å². The maximum atomic E-state index is 10.1. The maximum absolute atomic E-state index is 10.1. The van der Waals surface area contributed by atoms with Crippen LogP contribution in [0.4, 0.5) is 0 Å². The monoisotopic (exact) mass is 240 g/mol. The molecule has 4 N–H and O–H groups in total. The van der Waals surface area contributed by atoms with E-state index in [1.54, 1.807) is 0 Å². The van der Waals surface area contributed by atoms with Crippen LogP contribution in [0.5, 0.6) is 0 Å². The molecule has 0 radical (unpaired) electrons. The van der Waals surface area contributed by atoms with Crippen molar-refractivity contribution in [1.29, 1.82) is 0 Å². The van der Waals surface area contributed by atoms with Gasteiger partial charge in [0.2, 0.25) is 0 Å². The van der Waals surface area contributed by atoms with Gasteiger partial charge in [0.15, 0.2) is 0 Å². The van der Waals surface area contributed by atoms with Crippen molar-refractivity contribution in [3.05, 3.63) is 16.8 Å². The fourth-order valence-electron chi connectivity index (χ4n) is 2.16. The first-order valence-corrected chi connectivity index (χ1v) is 6.00. The lowest BCUT2D eigenvalue weighted by Crippen LogP contribution is -2.53. The number of nitrogens with zero attached hydrogens (tertiary/aromatic N) is 3. The third kappa shape index (κ3) is 3.39. The second kappa shape index (κ2) is 5.95. The van der Waals surface area contributed by atoms with Crippen LogP contribution in [-0.4, -0.2) is 61.9 Å². The molecule has 7 nitrogen and oxygen atoms in total. The normalized spacial score (nSPS) is 26.3. The summed E-state index contributed by atoms with van der Waals surface area (Å²) in [5, 5.41) is 9.27. The van der Waals surface area contributed by atoms with E-state index < -0.39 is 0 Å². The highest BCUT2D eigenvalue weighted by atomic mass is 16.3. The van der Waals surface area contributed by atoms with Gasteiger partial charge in [-0.25, -0.2) is 0 Å². The van der Waals surface area contributed by atoms with Crippen molar-refractivity contribution in [2.75, 3.05) is 45.9 Å². The predicted octanol–water partition coefficient (Wildman–Crippen LogP) is -1.35. The second-order valence-corrected chi connectivity index (χ2v) is 4.32.